The zero-order valence-electron chi connectivity index (χ0n) is 8.96. The van der Waals surface area contributed by atoms with Gasteiger partial charge in [-0.25, -0.2) is 0 Å². The van der Waals surface area contributed by atoms with E-state index in [1.807, 2.05) is 0 Å². The number of aryl methyl sites for hydroxylation is 1. The highest BCUT2D eigenvalue weighted by Crippen LogP contribution is 2.33. The van der Waals surface area contributed by atoms with Crippen molar-refractivity contribution in [3.63, 3.8) is 0 Å². The third-order valence-electron chi connectivity index (χ3n) is 2.89. The van der Waals surface area contributed by atoms with Gasteiger partial charge in [0.15, 0.2) is 0 Å². The van der Waals surface area contributed by atoms with Gasteiger partial charge in [-0.15, -0.1) is 0 Å². The van der Waals surface area contributed by atoms with Crippen LogP contribution in [-0.2, 0) is 0 Å². The van der Waals surface area contributed by atoms with Crippen molar-refractivity contribution < 1.29 is 0 Å². The van der Waals surface area contributed by atoms with Gasteiger partial charge in [0.05, 0.1) is 0 Å². The molecule has 2 N–H and O–H groups in total. The van der Waals surface area contributed by atoms with E-state index in [-0.39, 0.29) is 5.54 Å². The fraction of sp³-hybridized carbons (Fsp3) is 0.500. The van der Waals surface area contributed by atoms with E-state index in [1.165, 1.54) is 24.1 Å². The minimum Gasteiger partial charge on any atom is -0.373 e. The van der Waals surface area contributed by atoms with Crippen LogP contribution in [0.15, 0.2) is 24.3 Å². The van der Waals surface area contributed by atoms with Crippen LogP contribution in [-0.4, -0.2) is 19.1 Å². The van der Waals surface area contributed by atoms with Gasteiger partial charge in [-0.2, -0.15) is 0 Å². The van der Waals surface area contributed by atoms with E-state index in [1.54, 1.807) is 0 Å². The van der Waals surface area contributed by atoms with Gasteiger partial charge in [0.1, 0.15) is 0 Å². The molecule has 76 valence electrons. The Kier molecular flexibility index (Phi) is 2.23. The van der Waals surface area contributed by atoms with Crippen LogP contribution in [0, 0.1) is 6.92 Å². The molecule has 1 saturated carbocycles. The second-order valence-electron chi connectivity index (χ2n) is 4.56. The monoisotopic (exact) mass is 190 g/mol. The summed E-state index contributed by atoms with van der Waals surface area (Å²) in [6.45, 7) is 3.09. The Morgan fingerprint density at radius 2 is 2.14 bits per heavy atom. The zero-order valence-corrected chi connectivity index (χ0v) is 8.96. The number of rotatable bonds is 3. The van der Waals surface area contributed by atoms with Crippen LogP contribution < -0.4 is 10.6 Å². The van der Waals surface area contributed by atoms with E-state index in [4.69, 9.17) is 5.73 Å². The Morgan fingerprint density at radius 3 is 2.71 bits per heavy atom. The molecule has 2 rings (SSSR count). The number of benzene rings is 1. The zero-order chi connectivity index (χ0) is 10.2. The molecule has 1 aliphatic carbocycles. The van der Waals surface area contributed by atoms with Gasteiger partial charge >= 0.3 is 0 Å². The Morgan fingerprint density at radius 1 is 1.43 bits per heavy atom. The van der Waals surface area contributed by atoms with Crippen LogP contribution in [0.5, 0.6) is 0 Å². The number of likely N-dealkylation sites (N-methyl/N-ethyl adjacent to an activating group) is 1. The lowest BCUT2D eigenvalue weighted by atomic mass is 10.2. The molecule has 2 heteroatoms. The molecule has 0 heterocycles. The van der Waals surface area contributed by atoms with Crippen molar-refractivity contribution in [1.29, 1.82) is 0 Å². The van der Waals surface area contributed by atoms with Crippen molar-refractivity contribution in [1.82, 2.24) is 0 Å². The molecule has 0 bridgehead atoms. The van der Waals surface area contributed by atoms with Crippen LogP contribution in [0.2, 0.25) is 0 Å². The summed E-state index contributed by atoms with van der Waals surface area (Å²) in [7, 11) is 2.11. The maximum Gasteiger partial charge on any atom is 0.0366 e. The summed E-state index contributed by atoms with van der Waals surface area (Å²) < 4.78 is 0. The summed E-state index contributed by atoms with van der Waals surface area (Å²) in [6, 6.07) is 8.55. The molecule has 1 aliphatic rings. The first-order valence-electron chi connectivity index (χ1n) is 5.16. The highest BCUT2D eigenvalue weighted by atomic mass is 15.1. The molecule has 14 heavy (non-hydrogen) atoms. The Hall–Kier alpha value is -1.02. The molecule has 0 radical (unpaired) electrons. The van der Waals surface area contributed by atoms with Gasteiger partial charge in [0.25, 0.3) is 0 Å². The normalized spacial score (nSPS) is 17.9. The first-order valence-corrected chi connectivity index (χ1v) is 5.16. The summed E-state index contributed by atoms with van der Waals surface area (Å²) in [5.41, 5.74) is 8.74. The Labute approximate surface area is 85.7 Å². The van der Waals surface area contributed by atoms with Gasteiger partial charge < -0.3 is 10.6 Å². The number of nitrogens with two attached hydrogens (primary N) is 1. The van der Waals surface area contributed by atoms with Gasteiger partial charge in [-0.1, -0.05) is 12.1 Å². The molecule has 0 spiro atoms. The second-order valence-corrected chi connectivity index (χ2v) is 4.56. The van der Waals surface area contributed by atoms with Crippen molar-refractivity contribution in [2.24, 2.45) is 5.73 Å². The van der Waals surface area contributed by atoms with E-state index in [0.717, 1.165) is 6.54 Å². The van der Waals surface area contributed by atoms with Crippen LogP contribution in [0.4, 0.5) is 5.69 Å². The first kappa shape index (κ1) is 9.53. The minimum absolute atomic E-state index is 0.0957. The molecule has 0 unspecified atom stereocenters. The summed E-state index contributed by atoms with van der Waals surface area (Å²) in [6.07, 6.45) is 2.34. The van der Waals surface area contributed by atoms with Crippen molar-refractivity contribution in [2.75, 3.05) is 18.5 Å². The lowest BCUT2D eigenvalue weighted by Gasteiger charge is -2.23. The van der Waals surface area contributed by atoms with E-state index in [9.17, 15) is 0 Å². The highest BCUT2D eigenvalue weighted by molar-refractivity contribution is 5.48. The van der Waals surface area contributed by atoms with Crippen molar-refractivity contribution >= 4 is 5.69 Å². The largest absolute Gasteiger partial charge is 0.373 e. The fourth-order valence-electron chi connectivity index (χ4n) is 1.75. The number of anilines is 1. The number of hydrogen-bond acceptors (Lipinski definition) is 2. The van der Waals surface area contributed by atoms with E-state index in [2.05, 4.69) is 43.1 Å². The Bertz CT molecular complexity index is 329. The van der Waals surface area contributed by atoms with Crippen LogP contribution in [0.1, 0.15) is 18.4 Å². The van der Waals surface area contributed by atoms with E-state index >= 15 is 0 Å². The molecule has 2 nitrogen and oxygen atoms in total. The predicted octanol–water partition coefficient (Wildman–Crippen LogP) is 1.92. The second kappa shape index (κ2) is 3.28. The first-order chi connectivity index (χ1) is 6.59. The molecule has 0 aromatic heterocycles. The molecule has 1 aromatic carbocycles. The third-order valence-corrected chi connectivity index (χ3v) is 2.89. The summed E-state index contributed by atoms with van der Waals surface area (Å²) >= 11 is 0. The molecular formula is C12H18N2. The average Bonchev–Trinajstić information content (AvgIpc) is 2.83. The van der Waals surface area contributed by atoms with E-state index < -0.39 is 0 Å². The average molecular weight is 190 g/mol. The van der Waals surface area contributed by atoms with Crippen molar-refractivity contribution in [2.45, 2.75) is 25.3 Å². The maximum atomic E-state index is 6.08. The predicted molar refractivity (Wildman–Crippen MR) is 60.6 cm³/mol. The van der Waals surface area contributed by atoms with Gasteiger partial charge in [0.2, 0.25) is 0 Å². The molecule has 0 saturated heterocycles. The maximum absolute atomic E-state index is 6.08. The standard InChI is InChI=1S/C12H18N2/c1-10-4-3-5-11(8-10)14(2)9-12(13)6-7-12/h3-5,8H,6-7,9,13H2,1-2H3. The molecule has 1 aromatic rings. The van der Waals surface area contributed by atoms with Crippen LogP contribution in [0.3, 0.4) is 0 Å². The topological polar surface area (TPSA) is 29.3 Å². The molecule has 0 aliphatic heterocycles. The summed E-state index contributed by atoms with van der Waals surface area (Å²) in [4.78, 5) is 2.25. The van der Waals surface area contributed by atoms with Crippen molar-refractivity contribution in [3.05, 3.63) is 29.8 Å². The number of hydrogen-bond donors (Lipinski definition) is 1. The SMILES string of the molecule is Cc1cccc(N(C)CC2(N)CC2)c1. The van der Waals surface area contributed by atoms with Crippen molar-refractivity contribution in [3.8, 4) is 0 Å². The minimum atomic E-state index is 0.0957. The molecular weight excluding hydrogens is 172 g/mol. The highest BCUT2D eigenvalue weighted by Gasteiger charge is 2.39. The Balaban J connectivity index is 2.06. The lowest BCUT2D eigenvalue weighted by molar-refractivity contribution is 0.660. The molecule has 0 atom stereocenters. The third kappa shape index (κ3) is 2.07. The molecule has 1 fully saturated rings. The summed E-state index contributed by atoms with van der Waals surface area (Å²) in [5.74, 6) is 0. The summed E-state index contributed by atoms with van der Waals surface area (Å²) in [5, 5.41) is 0. The van der Waals surface area contributed by atoms with Gasteiger partial charge in [-0.3, -0.25) is 0 Å². The van der Waals surface area contributed by atoms with E-state index in [0.29, 0.717) is 0 Å². The van der Waals surface area contributed by atoms with Gasteiger partial charge in [-0.05, 0) is 37.5 Å². The van der Waals surface area contributed by atoms with Crippen LogP contribution >= 0.6 is 0 Å². The smallest absolute Gasteiger partial charge is 0.0366 e. The molecule has 0 amide bonds. The number of nitrogens with zero attached hydrogens (tertiary/aromatic N) is 1. The quantitative estimate of drug-likeness (QED) is 0.789. The fourth-order valence-corrected chi connectivity index (χ4v) is 1.75. The van der Waals surface area contributed by atoms with Crippen LogP contribution in [0.25, 0.3) is 0 Å². The van der Waals surface area contributed by atoms with Gasteiger partial charge in [0, 0.05) is 24.8 Å². The lowest BCUT2D eigenvalue weighted by Crippen LogP contribution is -2.37.